The van der Waals surface area contributed by atoms with Crippen molar-refractivity contribution in [2.24, 2.45) is 0 Å². The minimum atomic E-state index is -0.447. The van der Waals surface area contributed by atoms with E-state index in [1.54, 1.807) is 12.1 Å². The maximum Gasteiger partial charge on any atom is 0.278 e. The maximum atomic E-state index is 12.2. The Kier molecular flexibility index (Phi) is 4.55. The fourth-order valence-corrected chi connectivity index (χ4v) is 2.72. The van der Waals surface area contributed by atoms with Crippen LogP contribution in [-0.4, -0.2) is 45.2 Å². The standard InChI is InChI=1S/C17H19N3O3/c21-14-6-8-20(11-14)10-12-3-1-4-13(9-12)19-17(23)16-15(22)5-2-7-18-16/h1-5,7,9,14,21-22H,6,8,10-11H2,(H,19,23). The molecule has 1 saturated heterocycles. The molecular formula is C17H19N3O3. The summed E-state index contributed by atoms with van der Waals surface area (Å²) in [5.41, 5.74) is 1.71. The average molecular weight is 313 g/mol. The van der Waals surface area contributed by atoms with Crippen LogP contribution in [0.25, 0.3) is 0 Å². The number of likely N-dealkylation sites (tertiary alicyclic amines) is 1. The summed E-state index contributed by atoms with van der Waals surface area (Å²) in [6.45, 7) is 2.29. The third-order valence-electron chi connectivity index (χ3n) is 3.84. The number of pyridine rings is 1. The van der Waals surface area contributed by atoms with Crippen molar-refractivity contribution >= 4 is 11.6 Å². The fourth-order valence-electron chi connectivity index (χ4n) is 2.72. The van der Waals surface area contributed by atoms with Gasteiger partial charge in [0.1, 0.15) is 5.75 Å². The van der Waals surface area contributed by atoms with E-state index in [0.717, 1.165) is 25.1 Å². The summed E-state index contributed by atoms with van der Waals surface area (Å²) in [4.78, 5) is 18.2. The summed E-state index contributed by atoms with van der Waals surface area (Å²) < 4.78 is 0. The molecule has 3 N–H and O–H groups in total. The Labute approximate surface area is 134 Å². The van der Waals surface area contributed by atoms with E-state index in [0.29, 0.717) is 12.2 Å². The Bertz CT molecular complexity index is 705. The molecule has 2 heterocycles. The lowest BCUT2D eigenvalue weighted by Gasteiger charge is -2.15. The summed E-state index contributed by atoms with van der Waals surface area (Å²) in [5, 5.41) is 22.0. The number of nitrogens with zero attached hydrogens (tertiary/aromatic N) is 2. The highest BCUT2D eigenvalue weighted by Crippen LogP contribution is 2.18. The summed E-state index contributed by atoms with van der Waals surface area (Å²) in [6, 6.07) is 10.5. The number of hydrogen-bond donors (Lipinski definition) is 3. The minimum absolute atomic E-state index is 0.000526. The molecule has 0 saturated carbocycles. The van der Waals surface area contributed by atoms with Crippen molar-refractivity contribution in [2.45, 2.75) is 19.1 Å². The van der Waals surface area contributed by atoms with Crippen molar-refractivity contribution in [1.82, 2.24) is 9.88 Å². The number of carbonyl (C=O) groups excluding carboxylic acids is 1. The number of aliphatic hydroxyl groups is 1. The molecule has 2 aromatic rings. The van der Waals surface area contributed by atoms with Crippen LogP contribution >= 0.6 is 0 Å². The zero-order chi connectivity index (χ0) is 16.2. The van der Waals surface area contributed by atoms with Crippen LogP contribution in [0, 0.1) is 0 Å². The highest BCUT2D eigenvalue weighted by molar-refractivity contribution is 6.04. The van der Waals surface area contributed by atoms with Crippen LogP contribution in [-0.2, 0) is 6.54 Å². The van der Waals surface area contributed by atoms with Crippen molar-refractivity contribution in [3.8, 4) is 5.75 Å². The molecule has 1 unspecified atom stereocenters. The number of rotatable bonds is 4. The van der Waals surface area contributed by atoms with Crippen LogP contribution in [0.1, 0.15) is 22.5 Å². The second-order valence-electron chi connectivity index (χ2n) is 5.70. The highest BCUT2D eigenvalue weighted by Gasteiger charge is 2.20. The number of aromatic nitrogens is 1. The molecule has 1 fully saturated rings. The summed E-state index contributed by atoms with van der Waals surface area (Å²) in [5.74, 6) is -0.593. The molecule has 1 amide bonds. The first kappa shape index (κ1) is 15.5. The summed E-state index contributed by atoms with van der Waals surface area (Å²) >= 11 is 0. The van der Waals surface area contributed by atoms with Crippen LogP contribution < -0.4 is 5.32 Å². The van der Waals surface area contributed by atoms with E-state index in [9.17, 15) is 15.0 Å². The van der Waals surface area contributed by atoms with Gasteiger partial charge in [-0.05, 0) is 36.2 Å². The largest absolute Gasteiger partial charge is 0.505 e. The minimum Gasteiger partial charge on any atom is -0.505 e. The normalized spacial score (nSPS) is 18.0. The van der Waals surface area contributed by atoms with Gasteiger partial charge in [-0.1, -0.05) is 12.1 Å². The predicted octanol–water partition coefficient (Wildman–Crippen LogP) is 1.61. The molecule has 0 radical (unpaired) electrons. The van der Waals surface area contributed by atoms with Gasteiger partial charge in [-0.3, -0.25) is 9.69 Å². The molecule has 6 heteroatoms. The van der Waals surface area contributed by atoms with E-state index in [1.165, 1.54) is 12.3 Å². The summed E-state index contributed by atoms with van der Waals surface area (Å²) in [7, 11) is 0. The molecule has 3 rings (SSSR count). The molecule has 1 aliphatic heterocycles. The number of aromatic hydroxyl groups is 1. The maximum absolute atomic E-state index is 12.2. The van der Waals surface area contributed by atoms with Crippen molar-refractivity contribution < 1.29 is 15.0 Å². The highest BCUT2D eigenvalue weighted by atomic mass is 16.3. The first-order valence-corrected chi connectivity index (χ1v) is 7.56. The molecule has 120 valence electrons. The molecule has 6 nitrogen and oxygen atoms in total. The van der Waals surface area contributed by atoms with Gasteiger partial charge in [0.15, 0.2) is 5.69 Å². The van der Waals surface area contributed by atoms with Gasteiger partial charge < -0.3 is 15.5 Å². The first-order valence-electron chi connectivity index (χ1n) is 7.56. The molecule has 23 heavy (non-hydrogen) atoms. The molecule has 1 aliphatic rings. The van der Waals surface area contributed by atoms with Crippen molar-refractivity contribution in [2.75, 3.05) is 18.4 Å². The second kappa shape index (κ2) is 6.76. The molecular weight excluding hydrogens is 294 g/mol. The number of aliphatic hydroxyl groups excluding tert-OH is 1. The Morgan fingerprint density at radius 1 is 1.35 bits per heavy atom. The zero-order valence-corrected chi connectivity index (χ0v) is 12.6. The quantitative estimate of drug-likeness (QED) is 0.798. The molecule has 0 bridgehead atoms. The molecule has 1 atom stereocenters. The van der Waals surface area contributed by atoms with Crippen molar-refractivity contribution in [1.29, 1.82) is 0 Å². The lowest BCUT2D eigenvalue weighted by molar-refractivity contribution is 0.101. The lowest BCUT2D eigenvalue weighted by atomic mass is 10.2. The fraction of sp³-hybridized carbons (Fsp3) is 0.294. The van der Waals surface area contributed by atoms with Crippen molar-refractivity contribution in [3.05, 3.63) is 53.9 Å². The number of nitrogens with one attached hydrogen (secondary N) is 1. The van der Waals surface area contributed by atoms with E-state index < -0.39 is 5.91 Å². The Hall–Kier alpha value is -2.44. The van der Waals surface area contributed by atoms with Crippen LogP contribution in [0.5, 0.6) is 5.75 Å². The first-order chi connectivity index (χ1) is 11.1. The second-order valence-corrected chi connectivity index (χ2v) is 5.70. The number of anilines is 1. The van der Waals surface area contributed by atoms with Gasteiger partial charge in [0.25, 0.3) is 5.91 Å². The SMILES string of the molecule is O=C(Nc1cccc(CN2CCC(O)C2)c1)c1ncccc1O. The number of amides is 1. The van der Waals surface area contributed by atoms with Gasteiger partial charge in [0.2, 0.25) is 0 Å². The Morgan fingerprint density at radius 3 is 2.96 bits per heavy atom. The van der Waals surface area contributed by atoms with Gasteiger partial charge in [-0.25, -0.2) is 4.98 Å². The van der Waals surface area contributed by atoms with Crippen LogP contribution in [0.3, 0.4) is 0 Å². The molecule has 0 aliphatic carbocycles. The zero-order valence-electron chi connectivity index (χ0n) is 12.6. The average Bonchev–Trinajstić information content (AvgIpc) is 2.93. The number of benzene rings is 1. The van der Waals surface area contributed by atoms with E-state index in [2.05, 4.69) is 15.2 Å². The number of β-amino-alcohol motifs (C(OH)–C–C–N with tert-alkyl or cyclic N) is 1. The van der Waals surface area contributed by atoms with Gasteiger partial charge in [-0.2, -0.15) is 0 Å². The van der Waals surface area contributed by atoms with E-state index >= 15 is 0 Å². The van der Waals surface area contributed by atoms with E-state index in [1.807, 2.05) is 18.2 Å². The van der Waals surface area contributed by atoms with Gasteiger partial charge in [-0.15, -0.1) is 0 Å². The molecule has 1 aromatic heterocycles. The predicted molar refractivity (Wildman–Crippen MR) is 86.2 cm³/mol. The third kappa shape index (κ3) is 3.85. The van der Waals surface area contributed by atoms with Gasteiger partial charge in [0.05, 0.1) is 6.10 Å². The smallest absolute Gasteiger partial charge is 0.278 e. The van der Waals surface area contributed by atoms with Crippen LogP contribution in [0.15, 0.2) is 42.6 Å². The van der Waals surface area contributed by atoms with Gasteiger partial charge in [0, 0.05) is 31.5 Å². The van der Waals surface area contributed by atoms with Crippen molar-refractivity contribution in [3.63, 3.8) is 0 Å². The topological polar surface area (TPSA) is 85.7 Å². The molecule has 1 aromatic carbocycles. The number of hydrogen-bond acceptors (Lipinski definition) is 5. The van der Waals surface area contributed by atoms with Gasteiger partial charge >= 0.3 is 0 Å². The lowest BCUT2D eigenvalue weighted by Crippen LogP contribution is -2.21. The Morgan fingerprint density at radius 2 is 2.22 bits per heavy atom. The Balaban J connectivity index is 1.68. The van der Waals surface area contributed by atoms with E-state index in [4.69, 9.17) is 0 Å². The third-order valence-corrected chi connectivity index (χ3v) is 3.84. The van der Waals surface area contributed by atoms with Crippen LogP contribution in [0.2, 0.25) is 0 Å². The monoisotopic (exact) mass is 313 g/mol. The van der Waals surface area contributed by atoms with Crippen LogP contribution in [0.4, 0.5) is 5.69 Å². The number of carbonyl (C=O) groups is 1. The molecule has 0 spiro atoms. The van der Waals surface area contributed by atoms with E-state index in [-0.39, 0.29) is 17.5 Å². The summed E-state index contributed by atoms with van der Waals surface area (Å²) in [6.07, 6.45) is 2.02.